The van der Waals surface area contributed by atoms with Gasteiger partial charge in [0.05, 0.1) is 22.2 Å². The van der Waals surface area contributed by atoms with Gasteiger partial charge in [0.1, 0.15) is 26.8 Å². The number of hydrogen-bond acceptors (Lipinski definition) is 10. The Kier molecular flexibility index (Phi) is 8.18. The number of nitrogens with zero attached hydrogens (tertiary/aromatic N) is 4. The number of H-pyrrole nitrogens is 1. The maximum Gasteiger partial charge on any atom is 0.348 e. The van der Waals surface area contributed by atoms with Crippen molar-refractivity contribution in [2.24, 2.45) is 0 Å². The molecule has 3 aromatic rings. The zero-order chi connectivity index (χ0) is 27.9. The second kappa shape index (κ2) is 11.1. The summed E-state index contributed by atoms with van der Waals surface area (Å²) in [4.78, 5) is 51.8. The summed E-state index contributed by atoms with van der Waals surface area (Å²) in [5, 5.41) is 23.7. The molecule has 4 heterocycles. The van der Waals surface area contributed by atoms with Gasteiger partial charge in [0.15, 0.2) is 10.3 Å². The van der Waals surface area contributed by atoms with Crippen molar-refractivity contribution in [3.8, 4) is 11.4 Å². The van der Waals surface area contributed by atoms with Crippen LogP contribution >= 0.6 is 45.9 Å². The smallest absolute Gasteiger partial charge is 0.348 e. The second-order valence-corrected chi connectivity index (χ2v) is 11.4. The second-order valence-electron chi connectivity index (χ2n) is 8.69. The molecule has 204 valence electrons. The van der Waals surface area contributed by atoms with Crippen molar-refractivity contribution >= 4 is 74.0 Å². The predicted molar refractivity (Wildman–Crippen MR) is 146 cm³/mol. The number of carboxylic acid groups (broad SMARTS) is 2. The van der Waals surface area contributed by atoms with Gasteiger partial charge in [-0.05, 0) is 13.3 Å². The van der Waals surface area contributed by atoms with Gasteiger partial charge in [-0.3, -0.25) is 4.79 Å². The van der Waals surface area contributed by atoms with Crippen LogP contribution in [-0.4, -0.2) is 89.5 Å². The third-order valence-corrected chi connectivity index (χ3v) is 9.22. The summed E-state index contributed by atoms with van der Waals surface area (Å²) in [7, 11) is 4.95. The molecule has 1 saturated heterocycles. The van der Waals surface area contributed by atoms with Gasteiger partial charge in [-0.25, -0.2) is 19.6 Å². The van der Waals surface area contributed by atoms with E-state index in [0.717, 1.165) is 22.7 Å². The molecular formula is C22H24Cl2N6O6S2. The van der Waals surface area contributed by atoms with Gasteiger partial charge in [0.2, 0.25) is 0 Å². The number of carbonyl (C=O) groups excluding carboxylic acids is 1. The molecule has 1 amide bonds. The summed E-state index contributed by atoms with van der Waals surface area (Å²) < 4.78 is 5.64. The van der Waals surface area contributed by atoms with Gasteiger partial charge in [-0.2, -0.15) is 0 Å². The Morgan fingerprint density at radius 2 is 1.74 bits per heavy atom. The lowest BCUT2D eigenvalue weighted by atomic mass is 10.0. The Hall–Kier alpha value is -2.91. The number of carboxylic acids is 2. The zero-order valence-corrected chi connectivity index (χ0v) is 23.8. The van der Waals surface area contributed by atoms with E-state index in [1.54, 1.807) is 25.9 Å². The first kappa shape index (κ1) is 28.1. The molecular weight excluding hydrogens is 579 g/mol. The molecule has 3 aromatic heterocycles. The highest BCUT2D eigenvalue weighted by Gasteiger charge is 2.35. The topological polar surface area (TPSA) is 161 Å². The predicted octanol–water partition coefficient (Wildman–Crippen LogP) is 3.70. The number of aromatic amines is 1. The minimum absolute atomic E-state index is 0.00252. The monoisotopic (exact) mass is 602 g/mol. The number of ether oxygens (including phenoxy) is 1. The lowest BCUT2D eigenvalue weighted by Crippen LogP contribution is -2.55. The maximum atomic E-state index is 12.8. The van der Waals surface area contributed by atoms with Gasteiger partial charge in [0, 0.05) is 40.0 Å². The van der Waals surface area contributed by atoms with Crippen LogP contribution in [0.5, 0.6) is 0 Å². The van der Waals surface area contributed by atoms with E-state index in [0.29, 0.717) is 35.5 Å². The fourth-order valence-corrected chi connectivity index (χ4v) is 6.20. The van der Waals surface area contributed by atoms with Crippen LogP contribution in [0.25, 0.3) is 11.4 Å². The average Bonchev–Trinajstić information content (AvgIpc) is 3.57. The van der Waals surface area contributed by atoms with E-state index in [-0.39, 0.29) is 42.9 Å². The summed E-state index contributed by atoms with van der Waals surface area (Å²) in [6.45, 7) is 2.44. The number of thiazole rings is 2. The molecule has 38 heavy (non-hydrogen) atoms. The van der Waals surface area contributed by atoms with Crippen LogP contribution in [-0.2, 0) is 4.74 Å². The van der Waals surface area contributed by atoms with Crippen LogP contribution in [0.4, 0.5) is 10.3 Å². The molecule has 2 atom stereocenters. The maximum absolute atomic E-state index is 12.8. The normalized spacial score (nSPS) is 17.5. The van der Waals surface area contributed by atoms with E-state index in [4.69, 9.17) is 27.9 Å². The minimum atomic E-state index is -1.23. The Balaban J connectivity index is 1.59. The number of anilines is 2. The van der Waals surface area contributed by atoms with E-state index in [1.165, 1.54) is 7.11 Å². The highest BCUT2D eigenvalue weighted by molar-refractivity contribution is 7.19. The number of nitrogens with one attached hydrogen (secondary N) is 2. The molecule has 0 saturated carbocycles. The van der Waals surface area contributed by atoms with E-state index >= 15 is 0 Å². The van der Waals surface area contributed by atoms with Crippen LogP contribution in [0.15, 0.2) is 0 Å². The molecule has 4 rings (SSSR count). The van der Waals surface area contributed by atoms with Crippen molar-refractivity contribution in [1.29, 1.82) is 0 Å². The number of halogens is 2. The fourth-order valence-electron chi connectivity index (χ4n) is 4.02. The molecule has 12 nitrogen and oxygen atoms in total. The van der Waals surface area contributed by atoms with Gasteiger partial charge in [-0.1, -0.05) is 45.9 Å². The first-order valence-corrected chi connectivity index (χ1v) is 13.6. The quantitative estimate of drug-likeness (QED) is 0.299. The lowest BCUT2D eigenvalue weighted by Gasteiger charge is -2.37. The summed E-state index contributed by atoms with van der Waals surface area (Å²) in [5.41, 5.74) is 0.750. The largest absolute Gasteiger partial charge is 0.477 e. The van der Waals surface area contributed by atoms with Crippen LogP contribution in [0.2, 0.25) is 10.0 Å². The van der Waals surface area contributed by atoms with E-state index in [9.17, 15) is 24.6 Å². The number of aromatic nitrogens is 3. The van der Waals surface area contributed by atoms with Gasteiger partial charge >= 0.3 is 11.9 Å². The molecule has 0 aliphatic carbocycles. The number of amides is 1. The van der Waals surface area contributed by atoms with Crippen molar-refractivity contribution < 1.29 is 29.3 Å². The Morgan fingerprint density at radius 3 is 2.29 bits per heavy atom. The molecule has 0 bridgehead atoms. The van der Waals surface area contributed by atoms with E-state index in [2.05, 4.69) is 20.3 Å². The van der Waals surface area contributed by atoms with E-state index in [1.807, 2.05) is 4.90 Å². The molecule has 1 fully saturated rings. The summed E-state index contributed by atoms with van der Waals surface area (Å²) >= 11 is 14.1. The number of rotatable bonds is 8. The van der Waals surface area contributed by atoms with Crippen molar-refractivity contribution in [2.45, 2.75) is 25.5 Å². The minimum Gasteiger partial charge on any atom is -0.477 e. The van der Waals surface area contributed by atoms with Crippen molar-refractivity contribution in [2.75, 3.05) is 44.1 Å². The van der Waals surface area contributed by atoms with E-state index < -0.39 is 23.9 Å². The zero-order valence-electron chi connectivity index (χ0n) is 20.7. The van der Waals surface area contributed by atoms with Gasteiger partial charge in [-0.15, -0.1) is 0 Å². The Labute approximate surface area is 235 Å². The van der Waals surface area contributed by atoms with Crippen molar-refractivity contribution in [3.05, 3.63) is 31.2 Å². The third kappa shape index (κ3) is 5.31. The highest BCUT2D eigenvalue weighted by atomic mass is 35.5. The molecule has 0 aromatic carbocycles. The number of aromatic carboxylic acids is 2. The first-order valence-electron chi connectivity index (χ1n) is 11.2. The number of carbonyl (C=O) groups is 3. The lowest BCUT2D eigenvalue weighted by molar-refractivity contribution is 0.0540. The standard InChI is InChI=1S/C22H24Cl2N6O6S2/c1-8-11(23)12(24)13(25-8)18(31)26-9-5-6-30(7-10(9)36-4)22-28-15(17(38-22)20(34)35)14-16(19(32)33)37-21(27-14)29(2)3/h9-10,25H,5-7H2,1-4H3,(H,26,31)(H,32,33)(H,34,35)/t9-,10+/m1/s1. The van der Waals surface area contributed by atoms with Gasteiger partial charge in [0.25, 0.3) is 5.91 Å². The molecule has 0 unspecified atom stereocenters. The van der Waals surface area contributed by atoms with Crippen molar-refractivity contribution in [1.82, 2.24) is 20.3 Å². The van der Waals surface area contributed by atoms with Crippen LogP contribution < -0.4 is 15.1 Å². The fraction of sp³-hybridized carbons (Fsp3) is 0.409. The summed E-state index contributed by atoms with van der Waals surface area (Å²) in [6, 6.07) is -0.361. The Morgan fingerprint density at radius 1 is 1.11 bits per heavy atom. The number of hydrogen-bond donors (Lipinski definition) is 4. The van der Waals surface area contributed by atoms with Gasteiger partial charge < -0.3 is 35.1 Å². The highest BCUT2D eigenvalue weighted by Crippen LogP contribution is 2.39. The number of methoxy groups -OCH3 is 1. The molecule has 0 spiro atoms. The molecule has 4 N–H and O–H groups in total. The average molecular weight is 604 g/mol. The molecule has 1 aliphatic rings. The number of piperidine rings is 1. The SMILES string of the molecule is CO[C@H]1CN(c2nc(-c3nc(N(C)C)sc3C(=O)O)c(C(=O)O)s2)CC[C@H]1NC(=O)c1[nH]c(C)c(Cl)c1Cl. The van der Waals surface area contributed by atoms with Crippen molar-refractivity contribution in [3.63, 3.8) is 0 Å². The summed E-state index contributed by atoms with van der Waals surface area (Å²) in [5.74, 6) is -2.87. The Bertz CT molecular complexity index is 1400. The molecule has 16 heteroatoms. The summed E-state index contributed by atoms with van der Waals surface area (Å²) in [6.07, 6.45) is 0.0156. The first-order chi connectivity index (χ1) is 17.9. The van der Waals surface area contributed by atoms with Crippen LogP contribution in [0.1, 0.15) is 41.9 Å². The third-order valence-electron chi connectivity index (χ3n) is 5.96. The molecule has 1 aliphatic heterocycles. The number of aryl methyl sites for hydroxylation is 1. The van der Waals surface area contributed by atoms with Crippen LogP contribution in [0, 0.1) is 6.92 Å². The molecule has 0 radical (unpaired) electrons. The van der Waals surface area contributed by atoms with Crippen LogP contribution in [0.3, 0.4) is 0 Å².